The maximum atomic E-state index is 2.43. The average Bonchev–Trinajstić information content (AvgIpc) is 2.41. The molecule has 0 radical (unpaired) electrons. The van der Waals surface area contributed by atoms with Crippen molar-refractivity contribution in [3.8, 4) is 0 Å². The van der Waals surface area contributed by atoms with Crippen molar-refractivity contribution < 1.29 is 0 Å². The predicted octanol–water partition coefficient (Wildman–Crippen LogP) is 7.15. The summed E-state index contributed by atoms with van der Waals surface area (Å²) < 4.78 is 0. The van der Waals surface area contributed by atoms with Gasteiger partial charge in [0.15, 0.2) is 0 Å². The molecule has 2 unspecified atom stereocenters. The van der Waals surface area contributed by atoms with Crippen molar-refractivity contribution in [1.29, 1.82) is 0 Å². The van der Waals surface area contributed by atoms with Crippen molar-refractivity contribution in [3.63, 3.8) is 0 Å². The molecule has 2 atom stereocenters. The summed E-state index contributed by atoms with van der Waals surface area (Å²) in [5.74, 6) is 1.79. The Morgan fingerprint density at radius 1 is 0.684 bits per heavy atom. The van der Waals surface area contributed by atoms with E-state index in [1.165, 1.54) is 70.6 Å². The number of hydrogen-bond donors (Lipinski definition) is 0. The highest BCUT2D eigenvalue weighted by molar-refractivity contribution is 4.83. The molecule has 0 heteroatoms. The van der Waals surface area contributed by atoms with Crippen LogP contribution in [0.15, 0.2) is 12.2 Å². The normalized spacial score (nSPS) is 14.9. The van der Waals surface area contributed by atoms with Crippen molar-refractivity contribution in [2.24, 2.45) is 11.8 Å². The molecule has 0 nitrogen and oxygen atoms in total. The summed E-state index contributed by atoms with van der Waals surface area (Å²) >= 11 is 0. The molecule has 0 aromatic rings. The molecule has 0 fully saturated rings. The van der Waals surface area contributed by atoms with Crippen LogP contribution in [-0.2, 0) is 0 Å². The summed E-state index contributed by atoms with van der Waals surface area (Å²) in [5.41, 5.74) is 0. The Labute approximate surface area is 123 Å². The van der Waals surface area contributed by atoms with Gasteiger partial charge in [-0.25, -0.2) is 0 Å². The zero-order chi connectivity index (χ0) is 14.3. The lowest BCUT2D eigenvalue weighted by Crippen LogP contribution is -1.94. The molecule has 0 aliphatic heterocycles. The zero-order valence-corrected chi connectivity index (χ0v) is 14.1. The van der Waals surface area contributed by atoms with Gasteiger partial charge >= 0.3 is 0 Å². The fraction of sp³-hybridized carbons (Fsp3) is 0.895. The third kappa shape index (κ3) is 14.0. The standard InChI is InChI=1S/C19H38/c1-5-7-9-11-15-19(4)17-13-10-12-16-18(3)14-8-6-2/h10,13,18-19H,5-9,11-12,14-17H2,1-4H3. The van der Waals surface area contributed by atoms with Gasteiger partial charge in [-0.1, -0.05) is 91.2 Å². The lowest BCUT2D eigenvalue weighted by molar-refractivity contribution is 0.473. The molecule has 0 spiro atoms. The third-order valence-corrected chi connectivity index (χ3v) is 4.13. The summed E-state index contributed by atoms with van der Waals surface area (Å²) in [7, 11) is 0. The Morgan fingerprint density at radius 2 is 1.37 bits per heavy atom. The average molecular weight is 267 g/mol. The number of unbranched alkanes of at least 4 members (excludes halogenated alkanes) is 4. The van der Waals surface area contributed by atoms with Gasteiger partial charge in [-0.2, -0.15) is 0 Å². The van der Waals surface area contributed by atoms with E-state index in [2.05, 4.69) is 39.8 Å². The number of allylic oxidation sites excluding steroid dienone is 2. The van der Waals surface area contributed by atoms with Gasteiger partial charge in [-0.3, -0.25) is 0 Å². The number of rotatable bonds is 13. The van der Waals surface area contributed by atoms with Gasteiger partial charge in [0.1, 0.15) is 0 Å². The van der Waals surface area contributed by atoms with E-state index in [-0.39, 0.29) is 0 Å². The second-order valence-electron chi connectivity index (χ2n) is 6.49. The van der Waals surface area contributed by atoms with E-state index < -0.39 is 0 Å². The van der Waals surface area contributed by atoms with E-state index in [1.807, 2.05) is 0 Å². The lowest BCUT2D eigenvalue weighted by Gasteiger charge is -2.09. The van der Waals surface area contributed by atoms with Crippen molar-refractivity contribution >= 4 is 0 Å². The second kappa shape index (κ2) is 14.2. The quantitative estimate of drug-likeness (QED) is 0.245. The van der Waals surface area contributed by atoms with Gasteiger partial charge in [0.05, 0.1) is 0 Å². The minimum atomic E-state index is 0.880. The predicted molar refractivity (Wildman–Crippen MR) is 89.6 cm³/mol. The molecule has 0 bridgehead atoms. The summed E-state index contributed by atoms with van der Waals surface area (Å²) in [6.45, 7) is 9.38. The highest BCUT2D eigenvalue weighted by atomic mass is 14.1. The Hall–Kier alpha value is -0.260. The van der Waals surface area contributed by atoms with Crippen LogP contribution in [0.25, 0.3) is 0 Å². The fourth-order valence-corrected chi connectivity index (χ4v) is 2.56. The molecule has 0 amide bonds. The molecule has 0 aliphatic carbocycles. The van der Waals surface area contributed by atoms with Gasteiger partial charge in [-0.15, -0.1) is 0 Å². The van der Waals surface area contributed by atoms with Gasteiger partial charge < -0.3 is 0 Å². The fourth-order valence-electron chi connectivity index (χ4n) is 2.56. The first-order valence-corrected chi connectivity index (χ1v) is 8.85. The van der Waals surface area contributed by atoms with E-state index in [0.29, 0.717) is 0 Å². The maximum absolute atomic E-state index is 2.43. The highest BCUT2D eigenvalue weighted by Crippen LogP contribution is 2.16. The van der Waals surface area contributed by atoms with Crippen LogP contribution in [0.3, 0.4) is 0 Å². The SMILES string of the molecule is CCCCCCC(C)CC=CCCC(C)CCCC. The molecule has 0 aromatic carbocycles. The van der Waals surface area contributed by atoms with E-state index in [9.17, 15) is 0 Å². The molecule has 0 rings (SSSR count). The molecule has 19 heavy (non-hydrogen) atoms. The topological polar surface area (TPSA) is 0 Å². The Kier molecular flexibility index (Phi) is 14.0. The second-order valence-corrected chi connectivity index (χ2v) is 6.49. The molecular formula is C19H38. The molecule has 0 N–H and O–H groups in total. The Morgan fingerprint density at radius 3 is 2.05 bits per heavy atom. The Bertz CT molecular complexity index is 192. The maximum Gasteiger partial charge on any atom is -0.0325 e. The number of hydrogen-bond acceptors (Lipinski definition) is 0. The summed E-state index contributed by atoms with van der Waals surface area (Å²) in [5, 5.41) is 0. The molecule has 0 aliphatic rings. The van der Waals surface area contributed by atoms with Crippen molar-refractivity contribution in [3.05, 3.63) is 12.2 Å². The highest BCUT2D eigenvalue weighted by Gasteiger charge is 2.00. The minimum Gasteiger partial charge on any atom is -0.0885 e. The molecule has 0 saturated carbocycles. The van der Waals surface area contributed by atoms with Crippen LogP contribution in [0.5, 0.6) is 0 Å². The van der Waals surface area contributed by atoms with Crippen LogP contribution in [0.2, 0.25) is 0 Å². The molecule has 0 heterocycles. The van der Waals surface area contributed by atoms with Crippen LogP contribution in [-0.4, -0.2) is 0 Å². The first-order valence-electron chi connectivity index (χ1n) is 8.85. The van der Waals surface area contributed by atoms with E-state index in [1.54, 1.807) is 0 Å². The Balaban J connectivity index is 3.40. The van der Waals surface area contributed by atoms with Gasteiger partial charge in [0.2, 0.25) is 0 Å². The van der Waals surface area contributed by atoms with Crippen LogP contribution < -0.4 is 0 Å². The van der Waals surface area contributed by atoms with E-state index in [4.69, 9.17) is 0 Å². The van der Waals surface area contributed by atoms with Crippen molar-refractivity contribution in [2.45, 2.75) is 98.3 Å². The van der Waals surface area contributed by atoms with Gasteiger partial charge in [0.25, 0.3) is 0 Å². The van der Waals surface area contributed by atoms with Gasteiger partial charge in [-0.05, 0) is 31.1 Å². The molecule has 0 saturated heterocycles. The van der Waals surface area contributed by atoms with Crippen LogP contribution in [0, 0.1) is 11.8 Å². The smallest absolute Gasteiger partial charge is 0.0325 e. The lowest BCUT2D eigenvalue weighted by atomic mass is 9.97. The van der Waals surface area contributed by atoms with Crippen molar-refractivity contribution in [2.75, 3.05) is 0 Å². The van der Waals surface area contributed by atoms with Crippen molar-refractivity contribution in [1.82, 2.24) is 0 Å². The van der Waals surface area contributed by atoms with Crippen LogP contribution in [0.1, 0.15) is 98.3 Å². The first-order chi connectivity index (χ1) is 9.20. The largest absolute Gasteiger partial charge is 0.0885 e. The van der Waals surface area contributed by atoms with Crippen LogP contribution in [0.4, 0.5) is 0 Å². The summed E-state index contributed by atoms with van der Waals surface area (Å²) in [4.78, 5) is 0. The summed E-state index contributed by atoms with van der Waals surface area (Å²) in [6, 6.07) is 0. The van der Waals surface area contributed by atoms with Crippen LogP contribution >= 0.6 is 0 Å². The van der Waals surface area contributed by atoms with E-state index in [0.717, 1.165) is 11.8 Å². The third-order valence-electron chi connectivity index (χ3n) is 4.13. The van der Waals surface area contributed by atoms with E-state index >= 15 is 0 Å². The molecular weight excluding hydrogens is 228 g/mol. The monoisotopic (exact) mass is 266 g/mol. The molecule has 114 valence electrons. The minimum absolute atomic E-state index is 0.880. The first kappa shape index (κ1) is 18.7. The zero-order valence-electron chi connectivity index (χ0n) is 14.1. The molecule has 0 aromatic heterocycles. The summed E-state index contributed by atoms with van der Waals surface area (Å²) in [6.07, 6.45) is 20.0. The van der Waals surface area contributed by atoms with Gasteiger partial charge in [0, 0.05) is 0 Å².